The summed E-state index contributed by atoms with van der Waals surface area (Å²) in [7, 11) is 5.74. The van der Waals surface area contributed by atoms with Gasteiger partial charge in [-0.05, 0) is 12.8 Å². The van der Waals surface area contributed by atoms with Gasteiger partial charge in [0.15, 0.2) is 6.10 Å². The standard InChI is InChI=1S/C20H39N3O5/c1-5-6-7-8-9-10-11-15(19(25)26)17(14-23(2,3)4)28-20(27)16(21)12-13-18(22)24/h15-17H,5-14,21H2,1-4H3,(H2-,22,24,25,26)/p+1/t15?,16-,17?/m0/s1. The van der Waals surface area contributed by atoms with Crippen LogP contribution in [-0.4, -0.2) is 67.3 Å². The van der Waals surface area contributed by atoms with E-state index in [2.05, 4.69) is 6.92 Å². The number of carboxylic acids is 1. The number of hydrogen-bond acceptors (Lipinski definition) is 5. The van der Waals surface area contributed by atoms with Gasteiger partial charge in [-0.2, -0.15) is 0 Å². The lowest BCUT2D eigenvalue weighted by Gasteiger charge is -2.32. The SMILES string of the molecule is CCCCCCCCC(C(=O)O)C(C[N+](C)(C)C)OC(=O)[C@@H](N)CCC(N)=O. The highest BCUT2D eigenvalue weighted by Gasteiger charge is 2.36. The summed E-state index contributed by atoms with van der Waals surface area (Å²) in [4.78, 5) is 35.1. The van der Waals surface area contributed by atoms with E-state index in [1.54, 1.807) is 0 Å². The van der Waals surface area contributed by atoms with Gasteiger partial charge < -0.3 is 25.8 Å². The smallest absolute Gasteiger partial charge is 0.323 e. The highest BCUT2D eigenvalue weighted by molar-refractivity contribution is 5.79. The van der Waals surface area contributed by atoms with Gasteiger partial charge in [0.2, 0.25) is 5.91 Å². The molecule has 164 valence electrons. The predicted molar refractivity (Wildman–Crippen MR) is 108 cm³/mol. The van der Waals surface area contributed by atoms with Crippen molar-refractivity contribution in [1.29, 1.82) is 0 Å². The van der Waals surface area contributed by atoms with Crippen LogP contribution in [0.15, 0.2) is 0 Å². The molecule has 0 fully saturated rings. The number of quaternary nitrogens is 1. The van der Waals surface area contributed by atoms with Crippen molar-refractivity contribution in [3.63, 3.8) is 0 Å². The van der Waals surface area contributed by atoms with Crippen LogP contribution in [0, 0.1) is 5.92 Å². The van der Waals surface area contributed by atoms with E-state index < -0.39 is 35.9 Å². The maximum Gasteiger partial charge on any atom is 0.323 e. The Bertz CT molecular complexity index is 491. The third-order valence-corrected chi connectivity index (χ3v) is 4.63. The Labute approximate surface area is 169 Å². The van der Waals surface area contributed by atoms with Crippen LogP contribution in [0.3, 0.4) is 0 Å². The fourth-order valence-electron chi connectivity index (χ4n) is 3.05. The summed E-state index contributed by atoms with van der Waals surface area (Å²) in [6, 6.07) is -0.994. The highest BCUT2D eigenvalue weighted by atomic mass is 16.5. The van der Waals surface area contributed by atoms with Gasteiger partial charge in [0, 0.05) is 6.42 Å². The molecule has 0 rings (SSSR count). The number of carbonyl (C=O) groups is 3. The highest BCUT2D eigenvalue weighted by Crippen LogP contribution is 2.21. The zero-order chi connectivity index (χ0) is 21.7. The van der Waals surface area contributed by atoms with Crippen LogP contribution in [-0.2, 0) is 19.1 Å². The van der Waals surface area contributed by atoms with Crippen molar-refractivity contribution in [2.45, 2.75) is 76.9 Å². The van der Waals surface area contributed by atoms with Crippen LogP contribution in [0.4, 0.5) is 0 Å². The minimum Gasteiger partial charge on any atom is -0.481 e. The molecular formula is C20H40N3O5+. The summed E-state index contributed by atoms with van der Waals surface area (Å²) in [6.45, 7) is 2.51. The number of unbranched alkanes of at least 4 members (excludes halogenated alkanes) is 5. The van der Waals surface area contributed by atoms with Gasteiger partial charge in [-0.25, -0.2) is 0 Å². The predicted octanol–water partition coefficient (Wildman–Crippen LogP) is 1.65. The fraction of sp³-hybridized carbons (Fsp3) is 0.850. The van der Waals surface area contributed by atoms with E-state index in [-0.39, 0.29) is 12.8 Å². The molecule has 28 heavy (non-hydrogen) atoms. The number of carboxylic acid groups (broad SMARTS) is 1. The number of aliphatic carboxylic acids is 1. The van der Waals surface area contributed by atoms with Gasteiger partial charge in [-0.3, -0.25) is 14.4 Å². The summed E-state index contributed by atoms with van der Waals surface area (Å²) in [5, 5.41) is 9.72. The van der Waals surface area contributed by atoms with Crippen LogP contribution >= 0.6 is 0 Å². The molecule has 0 aliphatic rings. The summed E-state index contributed by atoms with van der Waals surface area (Å²) in [5.41, 5.74) is 10.9. The lowest BCUT2D eigenvalue weighted by Crippen LogP contribution is -2.49. The van der Waals surface area contributed by atoms with E-state index in [1.165, 1.54) is 6.42 Å². The van der Waals surface area contributed by atoms with E-state index in [1.807, 2.05) is 21.1 Å². The minimum absolute atomic E-state index is 0.0175. The van der Waals surface area contributed by atoms with Gasteiger partial charge >= 0.3 is 11.9 Å². The number of esters is 1. The first-order chi connectivity index (χ1) is 13.0. The van der Waals surface area contributed by atoms with Gasteiger partial charge in [-0.15, -0.1) is 0 Å². The van der Waals surface area contributed by atoms with Crippen LogP contribution < -0.4 is 11.5 Å². The Morgan fingerprint density at radius 2 is 1.57 bits per heavy atom. The molecule has 0 saturated carbocycles. The Hall–Kier alpha value is -1.67. The number of primary amides is 1. The third kappa shape index (κ3) is 12.7. The Morgan fingerprint density at radius 3 is 2.07 bits per heavy atom. The largest absolute Gasteiger partial charge is 0.481 e. The molecule has 0 spiro atoms. The Balaban J connectivity index is 4.96. The molecule has 0 heterocycles. The topological polar surface area (TPSA) is 133 Å². The third-order valence-electron chi connectivity index (χ3n) is 4.63. The molecule has 0 saturated heterocycles. The second-order valence-electron chi connectivity index (χ2n) is 8.56. The van der Waals surface area contributed by atoms with Crippen molar-refractivity contribution in [3.05, 3.63) is 0 Å². The molecule has 8 heteroatoms. The number of ether oxygens (including phenoxy) is 1. The van der Waals surface area contributed by atoms with E-state index in [4.69, 9.17) is 16.2 Å². The van der Waals surface area contributed by atoms with Gasteiger partial charge in [0.05, 0.1) is 27.1 Å². The Kier molecular flexibility index (Phi) is 12.7. The minimum atomic E-state index is -0.994. The summed E-state index contributed by atoms with van der Waals surface area (Å²) in [5.74, 6) is -2.98. The number of rotatable bonds is 16. The Morgan fingerprint density at radius 1 is 1.00 bits per heavy atom. The molecular weight excluding hydrogens is 362 g/mol. The summed E-state index contributed by atoms with van der Waals surface area (Å²) in [6.07, 6.45) is 6.07. The lowest BCUT2D eigenvalue weighted by atomic mass is 9.94. The van der Waals surface area contributed by atoms with E-state index in [0.717, 1.165) is 32.1 Å². The zero-order valence-electron chi connectivity index (χ0n) is 18.0. The molecule has 0 aromatic carbocycles. The number of hydrogen-bond donors (Lipinski definition) is 3. The number of amides is 1. The maximum atomic E-state index is 12.3. The molecule has 0 aliphatic heterocycles. The van der Waals surface area contributed by atoms with Gasteiger partial charge in [0.25, 0.3) is 0 Å². The second-order valence-corrected chi connectivity index (χ2v) is 8.56. The average molecular weight is 403 g/mol. The van der Waals surface area contributed by atoms with E-state index in [9.17, 15) is 19.5 Å². The van der Waals surface area contributed by atoms with Crippen LogP contribution in [0.2, 0.25) is 0 Å². The number of carbonyl (C=O) groups excluding carboxylic acids is 2. The molecule has 8 nitrogen and oxygen atoms in total. The average Bonchev–Trinajstić information content (AvgIpc) is 2.56. The molecule has 2 unspecified atom stereocenters. The lowest BCUT2D eigenvalue weighted by molar-refractivity contribution is -0.873. The molecule has 0 aromatic heterocycles. The van der Waals surface area contributed by atoms with Gasteiger partial charge in [-0.1, -0.05) is 45.4 Å². The number of nitrogens with two attached hydrogens (primary N) is 2. The van der Waals surface area contributed by atoms with E-state index >= 15 is 0 Å². The molecule has 0 radical (unpaired) electrons. The van der Waals surface area contributed by atoms with Crippen LogP contribution in [0.5, 0.6) is 0 Å². The molecule has 1 amide bonds. The van der Waals surface area contributed by atoms with Crippen molar-refractivity contribution in [1.82, 2.24) is 0 Å². The molecule has 0 bridgehead atoms. The molecule has 5 N–H and O–H groups in total. The second kappa shape index (κ2) is 13.5. The number of likely N-dealkylation sites (N-methyl/N-ethyl adjacent to an activating group) is 1. The summed E-state index contributed by atoms with van der Waals surface area (Å²) < 4.78 is 5.98. The first kappa shape index (κ1) is 26.3. The first-order valence-corrected chi connectivity index (χ1v) is 10.3. The fourth-order valence-corrected chi connectivity index (χ4v) is 3.05. The molecule has 0 aromatic rings. The number of nitrogens with zero attached hydrogens (tertiary/aromatic N) is 1. The van der Waals surface area contributed by atoms with Crippen molar-refractivity contribution >= 4 is 17.8 Å². The quantitative estimate of drug-likeness (QED) is 0.204. The zero-order valence-corrected chi connectivity index (χ0v) is 18.0. The molecule has 3 atom stereocenters. The van der Waals surface area contributed by atoms with Crippen LogP contribution in [0.1, 0.15) is 64.7 Å². The summed E-state index contributed by atoms with van der Waals surface area (Å²) >= 11 is 0. The van der Waals surface area contributed by atoms with Crippen molar-refractivity contribution in [2.75, 3.05) is 27.7 Å². The normalized spacial score (nSPS) is 14.9. The van der Waals surface area contributed by atoms with Crippen molar-refractivity contribution in [3.8, 4) is 0 Å². The monoisotopic (exact) mass is 402 g/mol. The first-order valence-electron chi connectivity index (χ1n) is 10.3. The van der Waals surface area contributed by atoms with Gasteiger partial charge in [0.1, 0.15) is 12.6 Å². The molecule has 0 aliphatic carbocycles. The van der Waals surface area contributed by atoms with Crippen molar-refractivity contribution < 1.29 is 28.7 Å². The van der Waals surface area contributed by atoms with E-state index in [0.29, 0.717) is 17.4 Å². The van der Waals surface area contributed by atoms with Crippen molar-refractivity contribution in [2.24, 2.45) is 17.4 Å². The van der Waals surface area contributed by atoms with Crippen LogP contribution in [0.25, 0.3) is 0 Å². The maximum absolute atomic E-state index is 12.3.